The Morgan fingerprint density at radius 1 is 1.27 bits per heavy atom. The number of amides is 1. The number of anilines is 2. The van der Waals surface area contributed by atoms with Gasteiger partial charge >= 0.3 is 0 Å². The Morgan fingerprint density at radius 2 is 2.15 bits per heavy atom. The predicted molar refractivity (Wildman–Crippen MR) is 106 cm³/mol. The standard InChI is InChI=1S/C17H16ClN5OS2/c1-11-5-6-12(8-14(11)18)21-16-22-23-17(26-16)25-10-15(24)20-9-13-4-2-3-7-19-13/h2-8H,9-10H2,1H3,(H,20,24)(H,21,22). The number of carbonyl (C=O) groups is 1. The zero-order valence-electron chi connectivity index (χ0n) is 13.9. The summed E-state index contributed by atoms with van der Waals surface area (Å²) in [6, 6.07) is 11.3. The molecule has 0 fully saturated rings. The van der Waals surface area contributed by atoms with Crippen LogP contribution in [-0.2, 0) is 11.3 Å². The third-order valence-electron chi connectivity index (χ3n) is 3.35. The maximum atomic E-state index is 11.9. The molecule has 2 N–H and O–H groups in total. The van der Waals surface area contributed by atoms with Crippen LogP contribution >= 0.6 is 34.7 Å². The molecule has 0 spiro atoms. The lowest BCUT2D eigenvalue weighted by Crippen LogP contribution is -2.24. The Bertz CT molecular complexity index is 888. The molecule has 0 saturated carbocycles. The number of rotatable bonds is 7. The van der Waals surface area contributed by atoms with Gasteiger partial charge in [0.15, 0.2) is 4.34 Å². The smallest absolute Gasteiger partial charge is 0.230 e. The first-order valence-electron chi connectivity index (χ1n) is 7.76. The van der Waals surface area contributed by atoms with E-state index in [2.05, 4.69) is 25.8 Å². The van der Waals surface area contributed by atoms with E-state index >= 15 is 0 Å². The minimum absolute atomic E-state index is 0.0734. The van der Waals surface area contributed by atoms with E-state index in [0.717, 1.165) is 21.3 Å². The van der Waals surface area contributed by atoms with Crippen LogP contribution in [0.3, 0.4) is 0 Å². The number of nitrogens with one attached hydrogen (secondary N) is 2. The van der Waals surface area contributed by atoms with Crippen molar-refractivity contribution in [1.29, 1.82) is 0 Å². The van der Waals surface area contributed by atoms with E-state index in [1.807, 2.05) is 43.3 Å². The number of nitrogens with zero attached hydrogens (tertiary/aromatic N) is 3. The fourth-order valence-corrected chi connectivity index (χ4v) is 3.77. The number of aryl methyl sites for hydroxylation is 1. The second-order valence-corrected chi connectivity index (χ2v) is 7.96. The molecule has 0 saturated heterocycles. The van der Waals surface area contributed by atoms with Gasteiger partial charge < -0.3 is 10.6 Å². The number of aromatic nitrogens is 3. The van der Waals surface area contributed by atoms with Gasteiger partial charge in [-0.15, -0.1) is 10.2 Å². The topological polar surface area (TPSA) is 79.8 Å². The molecule has 0 radical (unpaired) electrons. The lowest BCUT2D eigenvalue weighted by molar-refractivity contribution is -0.118. The summed E-state index contributed by atoms with van der Waals surface area (Å²) < 4.78 is 0.721. The minimum atomic E-state index is -0.0734. The second kappa shape index (κ2) is 8.98. The number of pyridine rings is 1. The fourth-order valence-electron chi connectivity index (χ4n) is 1.98. The van der Waals surface area contributed by atoms with Gasteiger partial charge in [0.2, 0.25) is 11.0 Å². The van der Waals surface area contributed by atoms with E-state index in [9.17, 15) is 4.79 Å². The van der Waals surface area contributed by atoms with Crippen molar-refractivity contribution in [2.45, 2.75) is 17.8 Å². The summed E-state index contributed by atoms with van der Waals surface area (Å²) in [5.41, 5.74) is 2.69. The number of carbonyl (C=O) groups excluding carboxylic acids is 1. The van der Waals surface area contributed by atoms with E-state index in [-0.39, 0.29) is 11.7 Å². The van der Waals surface area contributed by atoms with Gasteiger partial charge in [-0.1, -0.05) is 46.8 Å². The third kappa shape index (κ3) is 5.42. The van der Waals surface area contributed by atoms with Crippen molar-refractivity contribution in [3.63, 3.8) is 0 Å². The predicted octanol–water partition coefficient (Wildman–Crippen LogP) is 4.05. The van der Waals surface area contributed by atoms with Gasteiger partial charge in [-0.05, 0) is 36.8 Å². The molecule has 0 unspecified atom stereocenters. The molecular weight excluding hydrogens is 390 g/mol. The van der Waals surface area contributed by atoms with Gasteiger partial charge in [-0.2, -0.15) is 0 Å². The Balaban J connectivity index is 1.47. The zero-order chi connectivity index (χ0) is 18.4. The highest BCUT2D eigenvalue weighted by molar-refractivity contribution is 8.01. The first-order valence-corrected chi connectivity index (χ1v) is 9.94. The minimum Gasteiger partial charge on any atom is -0.350 e. The Kier molecular flexibility index (Phi) is 6.43. The van der Waals surface area contributed by atoms with E-state index < -0.39 is 0 Å². The van der Waals surface area contributed by atoms with Crippen molar-refractivity contribution in [3.8, 4) is 0 Å². The molecule has 134 valence electrons. The van der Waals surface area contributed by atoms with Crippen molar-refractivity contribution in [2.24, 2.45) is 0 Å². The molecule has 0 aliphatic carbocycles. The van der Waals surface area contributed by atoms with Gasteiger partial charge in [0, 0.05) is 16.9 Å². The van der Waals surface area contributed by atoms with Crippen molar-refractivity contribution in [3.05, 3.63) is 58.9 Å². The van der Waals surface area contributed by atoms with Crippen molar-refractivity contribution < 1.29 is 4.79 Å². The van der Waals surface area contributed by atoms with Crippen LogP contribution in [0.15, 0.2) is 46.9 Å². The highest BCUT2D eigenvalue weighted by Crippen LogP contribution is 2.29. The molecule has 9 heteroatoms. The largest absolute Gasteiger partial charge is 0.350 e. The first-order chi connectivity index (χ1) is 12.6. The summed E-state index contributed by atoms with van der Waals surface area (Å²) in [4.78, 5) is 16.1. The van der Waals surface area contributed by atoms with Crippen LogP contribution in [0.2, 0.25) is 5.02 Å². The monoisotopic (exact) mass is 405 g/mol. The Labute approximate surface area is 164 Å². The highest BCUT2D eigenvalue weighted by Gasteiger charge is 2.09. The summed E-state index contributed by atoms with van der Waals surface area (Å²) in [5.74, 6) is 0.202. The molecule has 1 amide bonds. The van der Waals surface area contributed by atoms with Crippen molar-refractivity contribution in [2.75, 3.05) is 11.1 Å². The van der Waals surface area contributed by atoms with Crippen molar-refractivity contribution >= 4 is 51.4 Å². The lowest BCUT2D eigenvalue weighted by atomic mass is 10.2. The second-order valence-electron chi connectivity index (χ2n) is 5.35. The summed E-state index contributed by atoms with van der Waals surface area (Å²) in [5, 5.41) is 15.5. The third-order valence-corrected chi connectivity index (χ3v) is 5.73. The highest BCUT2D eigenvalue weighted by atomic mass is 35.5. The molecular formula is C17H16ClN5OS2. The molecule has 2 aromatic heterocycles. The van der Waals surface area contributed by atoms with Gasteiger partial charge in [0.1, 0.15) is 0 Å². The van der Waals surface area contributed by atoms with Gasteiger partial charge in [-0.25, -0.2) is 0 Å². The molecule has 26 heavy (non-hydrogen) atoms. The number of hydrogen-bond donors (Lipinski definition) is 2. The van der Waals surface area contributed by atoms with Crippen LogP contribution in [-0.4, -0.2) is 26.8 Å². The molecule has 3 aromatic rings. The summed E-state index contributed by atoms with van der Waals surface area (Å²) in [7, 11) is 0. The van der Waals surface area contributed by atoms with Gasteiger partial charge in [0.05, 0.1) is 18.0 Å². The van der Waals surface area contributed by atoms with E-state index in [1.54, 1.807) is 6.20 Å². The maximum Gasteiger partial charge on any atom is 0.230 e. The summed E-state index contributed by atoms with van der Waals surface area (Å²) in [6.45, 7) is 2.36. The molecule has 0 aliphatic heterocycles. The average Bonchev–Trinajstić information content (AvgIpc) is 3.09. The normalized spacial score (nSPS) is 10.5. The molecule has 1 aromatic carbocycles. The fraction of sp³-hybridized carbons (Fsp3) is 0.176. The van der Waals surface area contributed by atoms with E-state index in [4.69, 9.17) is 11.6 Å². The average molecular weight is 406 g/mol. The van der Waals surface area contributed by atoms with Crippen LogP contribution in [0.5, 0.6) is 0 Å². The molecule has 0 aliphatic rings. The zero-order valence-corrected chi connectivity index (χ0v) is 16.3. The van der Waals surface area contributed by atoms with Gasteiger partial charge in [-0.3, -0.25) is 9.78 Å². The Hall–Kier alpha value is -2.16. The molecule has 0 bridgehead atoms. The molecule has 2 heterocycles. The molecule has 6 nitrogen and oxygen atoms in total. The van der Waals surface area contributed by atoms with Crippen LogP contribution < -0.4 is 10.6 Å². The summed E-state index contributed by atoms with van der Waals surface area (Å²) >= 11 is 8.85. The molecule has 3 rings (SSSR count). The number of benzene rings is 1. The van der Waals surface area contributed by atoms with E-state index in [1.165, 1.54) is 23.1 Å². The quantitative estimate of drug-likeness (QED) is 0.577. The van der Waals surface area contributed by atoms with Crippen LogP contribution in [0.1, 0.15) is 11.3 Å². The number of halogens is 1. The maximum absolute atomic E-state index is 11.9. The lowest BCUT2D eigenvalue weighted by Gasteiger charge is -2.04. The van der Waals surface area contributed by atoms with Gasteiger partial charge in [0.25, 0.3) is 0 Å². The van der Waals surface area contributed by atoms with Crippen LogP contribution in [0, 0.1) is 6.92 Å². The SMILES string of the molecule is Cc1ccc(Nc2nnc(SCC(=O)NCc3ccccn3)s2)cc1Cl. The molecule has 0 atom stereocenters. The van der Waals surface area contributed by atoms with Crippen LogP contribution in [0.4, 0.5) is 10.8 Å². The number of thioether (sulfide) groups is 1. The van der Waals surface area contributed by atoms with Crippen molar-refractivity contribution in [1.82, 2.24) is 20.5 Å². The van der Waals surface area contributed by atoms with Crippen LogP contribution in [0.25, 0.3) is 0 Å². The number of hydrogen-bond acceptors (Lipinski definition) is 7. The summed E-state index contributed by atoms with van der Waals surface area (Å²) in [6.07, 6.45) is 1.70. The first kappa shape index (κ1) is 18.6. The van der Waals surface area contributed by atoms with E-state index in [0.29, 0.717) is 16.7 Å². The Morgan fingerprint density at radius 3 is 2.92 bits per heavy atom.